The van der Waals surface area contributed by atoms with Crippen LogP contribution in [0.4, 0.5) is 22.0 Å². The molecule has 0 aliphatic heterocycles. The molecule has 0 spiro atoms. The van der Waals surface area contributed by atoms with E-state index >= 15 is 0 Å². The molecule has 2 aromatic heterocycles. The zero-order valence-corrected chi connectivity index (χ0v) is 22.0. The molecule has 0 aliphatic rings. The maximum atomic E-state index is 12.6. The summed E-state index contributed by atoms with van der Waals surface area (Å²) in [5.41, 5.74) is 3.44. The molecule has 1 unspecified atom stereocenters. The van der Waals surface area contributed by atoms with E-state index in [9.17, 15) is 24.3 Å². The molecule has 12 heteroatoms. The maximum absolute atomic E-state index is 12.6. The number of carbonyl (C=O) groups excluding carboxylic acids is 3. The standard InChI is InChI=1S/C29H27N7O5/c1-18-5-2-3-6-22(18)34-29(41)32-21-11-8-19(9-12-21)15-26(37)35-25-13-10-20(17-30-25)24(16-27(38)39)33-28(40)23-7-4-14-31-36-23/h2-14,17,24H,15-16H2,1H3,(H,33,40)(H,38,39)(H,30,35,37)(H2,32,34,41). The average Bonchev–Trinajstić information content (AvgIpc) is 2.95. The van der Waals surface area contributed by atoms with Gasteiger partial charge in [0.2, 0.25) is 5.91 Å². The lowest BCUT2D eigenvalue weighted by Crippen LogP contribution is -2.31. The van der Waals surface area contributed by atoms with Crippen LogP contribution in [0.1, 0.15) is 39.6 Å². The Balaban J connectivity index is 1.30. The summed E-state index contributed by atoms with van der Waals surface area (Å²) >= 11 is 0. The van der Waals surface area contributed by atoms with Gasteiger partial charge in [-0.25, -0.2) is 9.78 Å². The number of carbonyl (C=O) groups is 4. The van der Waals surface area contributed by atoms with Gasteiger partial charge in [0.25, 0.3) is 5.91 Å². The second-order valence-electron chi connectivity index (χ2n) is 9.03. The number of pyridine rings is 1. The van der Waals surface area contributed by atoms with Crippen molar-refractivity contribution in [2.75, 3.05) is 16.0 Å². The van der Waals surface area contributed by atoms with E-state index in [-0.39, 0.29) is 36.3 Å². The van der Waals surface area contributed by atoms with Crippen LogP contribution in [0.2, 0.25) is 0 Å². The first-order chi connectivity index (χ1) is 19.8. The Bertz CT molecular complexity index is 1530. The van der Waals surface area contributed by atoms with Crippen LogP contribution in [0.5, 0.6) is 0 Å². The van der Waals surface area contributed by atoms with Crippen molar-refractivity contribution in [1.29, 1.82) is 0 Å². The summed E-state index contributed by atoms with van der Waals surface area (Å²) in [5.74, 6) is -1.74. The largest absolute Gasteiger partial charge is 0.481 e. The van der Waals surface area contributed by atoms with Gasteiger partial charge in [-0.3, -0.25) is 14.4 Å². The Kier molecular flexibility index (Phi) is 9.28. The summed E-state index contributed by atoms with van der Waals surface area (Å²) in [7, 11) is 0. The lowest BCUT2D eigenvalue weighted by atomic mass is 10.1. The number of hydrogen-bond acceptors (Lipinski definition) is 7. The minimum absolute atomic E-state index is 0.0501. The molecule has 0 saturated heterocycles. The smallest absolute Gasteiger partial charge is 0.323 e. The molecule has 41 heavy (non-hydrogen) atoms. The van der Waals surface area contributed by atoms with Gasteiger partial charge in [-0.1, -0.05) is 36.4 Å². The quantitative estimate of drug-likeness (QED) is 0.196. The maximum Gasteiger partial charge on any atom is 0.323 e. The second kappa shape index (κ2) is 13.4. The summed E-state index contributed by atoms with van der Waals surface area (Å²) in [6, 6.07) is 19.2. The number of amides is 4. The summed E-state index contributed by atoms with van der Waals surface area (Å²) in [5, 5.41) is 27.5. The lowest BCUT2D eigenvalue weighted by molar-refractivity contribution is -0.137. The molecule has 12 nitrogen and oxygen atoms in total. The number of carboxylic acids is 1. The van der Waals surface area contributed by atoms with Gasteiger partial charge in [0.1, 0.15) is 5.82 Å². The van der Waals surface area contributed by atoms with Crippen LogP contribution in [0, 0.1) is 6.92 Å². The van der Waals surface area contributed by atoms with Gasteiger partial charge >= 0.3 is 12.0 Å². The van der Waals surface area contributed by atoms with Gasteiger partial charge in [0.05, 0.1) is 18.9 Å². The van der Waals surface area contributed by atoms with Crippen molar-refractivity contribution in [3.8, 4) is 0 Å². The molecule has 4 rings (SSSR count). The predicted molar refractivity (Wildman–Crippen MR) is 151 cm³/mol. The number of nitrogens with one attached hydrogen (secondary N) is 4. The van der Waals surface area contributed by atoms with E-state index in [4.69, 9.17) is 0 Å². The fourth-order valence-corrected chi connectivity index (χ4v) is 3.84. The summed E-state index contributed by atoms with van der Waals surface area (Å²) in [6.07, 6.45) is 2.50. The number of aliphatic carboxylic acids is 1. The van der Waals surface area contributed by atoms with E-state index in [0.29, 0.717) is 16.9 Å². The molecule has 0 aliphatic carbocycles. The number of urea groups is 1. The third kappa shape index (κ3) is 8.42. The fraction of sp³-hybridized carbons (Fsp3) is 0.138. The molecule has 0 radical (unpaired) electrons. The van der Waals surface area contributed by atoms with Crippen LogP contribution in [0.3, 0.4) is 0 Å². The van der Waals surface area contributed by atoms with Crippen LogP contribution in [0.25, 0.3) is 0 Å². The van der Waals surface area contributed by atoms with Gasteiger partial charge in [0, 0.05) is 23.8 Å². The second-order valence-corrected chi connectivity index (χ2v) is 9.03. The first-order valence-electron chi connectivity index (χ1n) is 12.6. The highest BCUT2D eigenvalue weighted by molar-refractivity contribution is 6.00. The average molecular weight is 554 g/mol. The lowest BCUT2D eigenvalue weighted by Gasteiger charge is -2.17. The minimum Gasteiger partial charge on any atom is -0.481 e. The molecule has 2 heterocycles. The molecule has 208 valence electrons. The molecule has 5 N–H and O–H groups in total. The van der Waals surface area contributed by atoms with Gasteiger partial charge in [-0.05, 0) is 60.0 Å². The number of aromatic nitrogens is 3. The molecule has 2 aromatic carbocycles. The van der Waals surface area contributed by atoms with E-state index in [1.165, 1.54) is 24.5 Å². The molecular formula is C29H27N7O5. The van der Waals surface area contributed by atoms with Gasteiger partial charge in [-0.15, -0.1) is 5.10 Å². The number of rotatable bonds is 10. The summed E-state index contributed by atoms with van der Waals surface area (Å²) in [6.45, 7) is 1.90. The number of hydrogen-bond donors (Lipinski definition) is 5. The predicted octanol–water partition coefficient (Wildman–Crippen LogP) is 3.95. The highest BCUT2D eigenvalue weighted by Crippen LogP contribution is 2.19. The van der Waals surface area contributed by atoms with Crippen molar-refractivity contribution in [3.05, 3.63) is 108 Å². The number of anilines is 3. The SMILES string of the molecule is Cc1ccccc1NC(=O)Nc1ccc(CC(=O)Nc2ccc(C(CC(=O)O)NC(=O)c3cccnn3)cn2)cc1. The summed E-state index contributed by atoms with van der Waals surface area (Å²) < 4.78 is 0. The Morgan fingerprint density at radius 1 is 0.878 bits per heavy atom. The van der Waals surface area contributed by atoms with Crippen molar-refractivity contribution in [2.45, 2.75) is 25.8 Å². The van der Waals surface area contributed by atoms with Gasteiger partial charge in [-0.2, -0.15) is 5.10 Å². The molecular weight excluding hydrogens is 526 g/mol. The Morgan fingerprint density at radius 2 is 1.66 bits per heavy atom. The van der Waals surface area contributed by atoms with Crippen LogP contribution < -0.4 is 21.3 Å². The third-order valence-corrected chi connectivity index (χ3v) is 5.91. The van der Waals surface area contributed by atoms with E-state index in [0.717, 1.165) is 11.1 Å². The molecule has 0 saturated carbocycles. The molecule has 0 bridgehead atoms. The van der Waals surface area contributed by atoms with Gasteiger partial charge < -0.3 is 26.4 Å². The molecule has 0 fully saturated rings. The highest BCUT2D eigenvalue weighted by atomic mass is 16.4. The number of nitrogens with zero attached hydrogens (tertiary/aromatic N) is 3. The number of benzene rings is 2. The van der Waals surface area contributed by atoms with Crippen LogP contribution >= 0.6 is 0 Å². The highest BCUT2D eigenvalue weighted by Gasteiger charge is 2.20. The Hall–Kier alpha value is -5.65. The minimum atomic E-state index is -1.11. The van der Waals surface area contributed by atoms with Crippen LogP contribution in [-0.4, -0.2) is 44.1 Å². The van der Waals surface area contributed by atoms with Crippen molar-refractivity contribution in [3.63, 3.8) is 0 Å². The first kappa shape index (κ1) is 28.4. The normalized spacial score (nSPS) is 11.1. The number of carboxylic acid groups (broad SMARTS) is 1. The van der Waals surface area contributed by atoms with E-state index in [1.54, 1.807) is 36.4 Å². The molecule has 1 atom stereocenters. The van der Waals surface area contributed by atoms with Crippen molar-refractivity contribution in [2.24, 2.45) is 0 Å². The number of aryl methyl sites for hydroxylation is 1. The third-order valence-electron chi connectivity index (χ3n) is 5.91. The van der Waals surface area contributed by atoms with Crippen LogP contribution in [-0.2, 0) is 16.0 Å². The fourth-order valence-electron chi connectivity index (χ4n) is 3.84. The van der Waals surface area contributed by atoms with Crippen molar-refractivity contribution < 1.29 is 24.3 Å². The molecule has 4 amide bonds. The zero-order chi connectivity index (χ0) is 29.2. The van der Waals surface area contributed by atoms with E-state index in [1.807, 2.05) is 31.2 Å². The van der Waals surface area contributed by atoms with Crippen molar-refractivity contribution in [1.82, 2.24) is 20.5 Å². The van der Waals surface area contributed by atoms with Crippen molar-refractivity contribution >= 4 is 41.0 Å². The van der Waals surface area contributed by atoms with Crippen LogP contribution in [0.15, 0.2) is 85.2 Å². The Labute approximate surface area is 235 Å². The number of para-hydroxylation sites is 1. The monoisotopic (exact) mass is 553 g/mol. The molecule has 4 aromatic rings. The van der Waals surface area contributed by atoms with Gasteiger partial charge in [0.15, 0.2) is 5.69 Å². The zero-order valence-electron chi connectivity index (χ0n) is 22.0. The Morgan fingerprint density at radius 3 is 2.32 bits per heavy atom. The first-order valence-corrected chi connectivity index (χ1v) is 12.6. The van der Waals surface area contributed by atoms with E-state index in [2.05, 4.69) is 36.4 Å². The topological polar surface area (TPSA) is 175 Å². The van der Waals surface area contributed by atoms with E-state index < -0.39 is 17.9 Å². The summed E-state index contributed by atoms with van der Waals surface area (Å²) in [4.78, 5) is 52.9.